The average Bonchev–Trinajstić information content (AvgIpc) is 2.68. The van der Waals surface area contributed by atoms with Crippen LogP contribution in [0.1, 0.15) is 31.2 Å². The number of alkyl halides is 1. The minimum Gasteiger partial charge on any atom is -0.316 e. The van der Waals surface area contributed by atoms with E-state index >= 15 is 0 Å². The lowest BCUT2D eigenvalue weighted by Crippen LogP contribution is -2.18. The van der Waals surface area contributed by atoms with Gasteiger partial charge in [0, 0.05) is 18.6 Å². The van der Waals surface area contributed by atoms with Crippen molar-refractivity contribution in [3.63, 3.8) is 0 Å². The summed E-state index contributed by atoms with van der Waals surface area (Å²) in [5.41, 5.74) is 1.31. The van der Waals surface area contributed by atoms with Gasteiger partial charge >= 0.3 is 0 Å². The first kappa shape index (κ1) is 13.7. The molecule has 0 radical (unpaired) electrons. The molecule has 3 nitrogen and oxygen atoms in total. The van der Waals surface area contributed by atoms with Crippen LogP contribution in [-0.4, -0.2) is 28.2 Å². The highest BCUT2D eigenvalue weighted by Gasteiger charge is 1.95. The monoisotopic (exact) mass is 287 g/mol. The Morgan fingerprint density at radius 1 is 1.25 bits per heavy atom. The zero-order valence-electron chi connectivity index (χ0n) is 10.1. The first-order valence-corrected chi connectivity index (χ1v) is 7.19. The predicted molar refractivity (Wildman–Crippen MR) is 72.0 cm³/mol. The summed E-state index contributed by atoms with van der Waals surface area (Å²) in [5.74, 6) is 0. The molecule has 0 spiro atoms. The van der Waals surface area contributed by atoms with Gasteiger partial charge in [0.15, 0.2) is 0 Å². The van der Waals surface area contributed by atoms with Gasteiger partial charge in [-0.3, -0.25) is 4.68 Å². The molecule has 0 aliphatic heterocycles. The molecule has 0 aliphatic carbocycles. The van der Waals surface area contributed by atoms with E-state index in [0.29, 0.717) is 0 Å². The molecule has 16 heavy (non-hydrogen) atoms. The number of rotatable bonds is 9. The van der Waals surface area contributed by atoms with Gasteiger partial charge in [0.05, 0.1) is 6.20 Å². The molecule has 1 rings (SSSR count). The normalized spacial score (nSPS) is 10.9. The van der Waals surface area contributed by atoms with Gasteiger partial charge < -0.3 is 5.32 Å². The second-order valence-corrected chi connectivity index (χ2v) is 4.92. The summed E-state index contributed by atoms with van der Waals surface area (Å²) in [5, 5.41) is 8.76. The molecule has 0 saturated carbocycles. The second kappa shape index (κ2) is 8.76. The van der Waals surface area contributed by atoms with Gasteiger partial charge in [-0.25, -0.2) is 0 Å². The molecule has 1 aromatic heterocycles. The van der Waals surface area contributed by atoms with E-state index in [2.05, 4.69) is 32.5 Å². The van der Waals surface area contributed by atoms with Crippen molar-refractivity contribution in [1.29, 1.82) is 0 Å². The third-order valence-corrected chi connectivity index (χ3v) is 3.15. The van der Waals surface area contributed by atoms with E-state index in [1.807, 2.05) is 17.9 Å². The van der Waals surface area contributed by atoms with Crippen LogP contribution in [0.25, 0.3) is 0 Å². The summed E-state index contributed by atoms with van der Waals surface area (Å²) in [7, 11) is 1.96. The number of nitrogens with one attached hydrogen (secondary N) is 1. The maximum absolute atomic E-state index is 4.15. The fourth-order valence-corrected chi connectivity index (χ4v) is 2.05. The summed E-state index contributed by atoms with van der Waals surface area (Å²) in [6.45, 7) is 2.20. The Balaban J connectivity index is 1.88. The third kappa shape index (κ3) is 6.28. The number of aromatic nitrogens is 2. The van der Waals surface area contributed by atoms with Gasteiger partial charge in [0.2, 0.25) is 0 Å². The molecular weight excluding hydrogens is 266 g/mol. The van der Waals surface area contributed by atoms with Gasteiger partial charge in [0.1, 0.15) is 0 Å². The molecule has 0 atom stereocenters. The molecule has 1 N–H and O–H groups in total. The summed E-state index contributed by atoms with van der Waals surface area (Å²) < 4.78 is 1.86. The average molecular weight is 288 g/mol. The van der Waals surface area contributed by atoms with E-state index in [0.717, 1.165) is 24.8 Å². The van der Waals surface area contributed by atoms with Crippen molar-refractivity contribution >= 4 is 15.9 Å². The minimum absolute atomic E-state index is 1.06. The number of unbranched alkanes of at least 4 members (excludes halogenated alkanes) is 3. The van der Waals surface area contributed by atoms with Gasteiger partial charge in [-0.1, -0.05) is 28.8 Å². The largest absolute Gasteiger partial charge is 0.316 e. The van der Waals surface area contributed by atoms with Gasteiger partial charge in [-0.05, 0) is 37.9 Å². The summed E-state index contributed by atoms with van der Waals surface area (Å²) in [6.07, 6.45) is 10.4. The van der Waals surface area contributed by atoms with Gasteiger partial charge in [0.25, 0.3) is 0 Å². The summed E-state index contributed by atoms with van der Waals surface area (Å²) in [6, 6.07) is 0. The van der Waals surface area contributed by atoms with Crippen molar-refractivity contribution in [3.05, 3.63) is 18.0 Å². The Bertz CT molecular complexity index is 273. The second-order valence-electron chi connectivity index (χ2n) is 4.13. The highest BCUT2D eigenvalue weighted by Crippen LogP contribution is 2.01. The Morgan fingerprint density at radius 2 is 2.06 bits per heavy atom. The maximum atomic E-state index is 4.15. The van der Waals surface area contributed by atoms with Crippen LogP contribution in [0.5, 0.6) is 0 Å². The van der Waals surface area contributed by atoms with Crippen molar-refractivity contribution in [2.45, 2.75) is 32.1 Å². The molecular formula is C12H22BrN3. The van der Waals surface area contributed by atoms with Crippen molar-refractivity contribution in [1.82, 2.24) is 15.1 Å². The number of hydrogen-bond acceptors (Lipinski definition) is 2. The first-order chi connectivity index (χ1) is 7.83. The van der Waals surface area contributed by atoms with Crippen LogP contribution < -0.4 is 5.32 Å². The van der Waals surface area contributed by atoms with E-state index in [-0.39, 0.29) is 0 Å². The van der Waals surface area contributed by atoms with Crippen molar-refractivity contribution in [3.8, 4) is 0 Å². The lowest BCUT2D eigenvalue weighted by atomic mass is 10.2. The molecule has 4 heteroatoms. The van der Waals surface area contributed by atoms with Crippen molar-refractivity contribution in [2.24, 2.45) is 7.05 Å². The lowest BCUT2D eigenvalue weighted by molar-refractivity contribution is 0.600. The maximum Gasteiger partial charge on any atom is 0.0522 e. The van der Waals surface area contributed by atoms with Crippen molar-refractivity contribution < 1.29 is 0 Å². The molecule has 0 amide bonds. The van der Waals surface area contributed by atoms with Crippen LogP contribution in [0.15, 0.2) is 12.4 Å². The highest BCUT2D eigenvalue weighted by atomic mass is 79.9. The summed E-state index contributed by atoms with van der Waals surface area (Å²) in [4.78, 5) is 0. The smallest absolute Gasteiger partial charge is 0.0522 e. The first-order valence-electron chi connectivity index (χ1n) is 6.07. The van der Waals surface area contributed by atoms with Crippen LogP contribution >= 0.6 is 15.9 Å². The van der Waals surface area contributed by atoms with Crippen LogP contribution in [0.3, 0.4) is 0 Å². The Morgan fingerprint density at radius 3 is 2.75 bits per heavy atom. The van der Waals surface area contributed by atoms with Crippen LogP contribution in [-0.2, 0) is 13.5 Å². The zero-order chi connectivity index (χ0) is 11.6. The predicted octanol–water partition coefficient (Wildman–Crippen LogP) is 2.51. The molecule has 1 heterocycles. The van der Waals surface area contributed by atoms with E-state index in [9.17, 15) is 0 Å². The number of nitrogens with zero attached hydrogens (tertiary/aromatic N) is 2. The fraction of sp³-hybridized carbons (Fsp3) is 0.750. The molecule has 0 saturated heterocycles. The Hall–Kier alpha value is -0.350. The van der Waals surface area contributed by atoms with Gasteiger partial charge in [-0.15, -0.1) is 0 Å². The van der Waals surface area contributed by atoms with Crippen molar-refractivity contribution in [2.75, 3.05) is 18.4 Å². The topological polar surface area (TPSA) is 29.9 Å². The lowest BCUT2D eigenvalue weighted by Gasteiger charge is -2.03. The highest BCUT2D eigenvalue weighted by molar-refractivity contribution is 9.09. The Labute approximate surface area is 107 Å². The van der Waals surface area contributed by atoms with Crippen LogP contribution in [0.4, 0.5) is 0 Å². The molecule has 1 aromatic rings. The number of hydrogen-bond donors (Lipinski definition) is 1. The fourth-order valence-electron chi connectivity index (χ4n) is 1.66. The van der Waals surface area contributed by atoms with Gasteiger partial charge in [-0.2, -0.15) is 5.10 Å². The number of aryl methyl sites for hydroxylation is 1. The van der Waals surface area contributed by atoms with Crippen LogP contribution in [0, 0.1) is 0 Å². The summed E-state index contributed by atoms with van der Waals surface area (Å²) >= 11 is 3.45. The molecule has 0 fully saturated rings. The zero-order valence-corrected chi connectivity index (χ0v) is 11.7. The van der Waals surface area contributed by atoms with Crippen LogP contribution in [0.2, 0.25) is 0 Å². The van der Waals surface area contributed by atoms with E-state index in [4.69, 9.17) is 0 Å². The molecule has 92 valence electrons. The van der Waals surface area contributed by atoms with E-state index < -0.39 is 0 Å². The quantitative estimate of drug-likeness (QED) is 0.559. The van der Waals surface area contributed by atoms with E-state index in [1.165, 1.54) is 31.2 Å². The molecule has 0 aliphatic rings. The minimum atomic E-state index is 1.06. The SMILES string of the molecule is Cn1cc(CCNCCCCCCBr)cn1. The Kier molecular flexibility index (Phi) is 7.51. The molecule has 0 aromatic carbocycles. The number of halogens is 1. The van der Waals surface area contributed by atoms with E-state index in [1.54, 1.807) is 0 Å². The standard InChI is InChI=1S/C12H22BrN3/c1-16-11-12(10-15-16)6-9-14-8-5-3-2-4-7-13/h10-11,14H,2-9H2,1H3. The molecule has 0 unspecified atom stereocenters. The molecule has 0 bridgehead atoms. The third-order valence-electron chi connectivity index (χ3n) is 2.59.